The number of rotatable bonds is 11. The van der Waals surface area contributed by atoms with Crippen molar-refractivity contribution in [3.05, 3.63) is 184 Å². The minimum atomic E-state index is -0.720. The molecule has 0 aliphatic carbocycles. The number of nitrogen functional groups attached to an aromatic ring is 1. The number of aromatic nitrogens is 3. The van der Waals surface area contributed by atoms with Crippen LogP contribution in [0.5, 0.6) is 5.75 Å². The number of fused-ring (bicyclic) bond motifs is 1. The van der Waals surface area contributed by atoms with Gasteiger partial charge in [-0.15, -0.1) is 0 Å². The van der Waals surface area contributed by atoms with E-state index in [1.807, 2.05) is 74.0 Å². The number of H-pyrrole nitrogens is 1. The number of imidazole rings is 1. The van der Waals surface area contributed by atoms with Gasteiger partial charge < -0.3 is 25.3 Å². The first-order chi connectivity index (χ1) is 24.9. The van der Waals surface area contributed by atoms with Gasteiger partial charge in [0.15, 0.2) is 0 Å². The first-order valence-corrected chi connectivity index (χ1v) is 16.8. The number of benzene rings is 5. The maximum absolute atomic E-state index is 15.5. The summed E-state index contributed by atoms with van der Waals surface area (Å²) in [5.41, 5.74) is 9.66. The van der Waals surface area contributed by atoms with Gasteiger partial charge in [0.25, 0.3) is 11.5 Å². The molecule has 2 heterocycles. The summed E-state index contributed by atoms with van der Waals surface area (Å²) in [4.78, 5) is 33.3. The van der Waals surface area contributed by atoms with E-state index >= 15 is 4.39 Å². The van der Waals surface area contributed by atoms with E-state index in [9.17, 15) is 9.59 Å². The van der Waals surface area contributed by atoms with Gasteiger partial charge in [-0.1, -0.05) is 116 Å². The van der Waals surface area contributed by atoms with E-state index in [1.54, 1.807) is 30.3 Å². The molecule has 0 bridgehead atoms. The SMILES string of the molecule is CCCNC(=O)c1c(N)c2cccc(-c3cc(OCc4cn(C(c5ccccc5)(c5ccccc5)c5ccccc5)cn4)ccc3F)c2[nH]c1=O. The number of amides is 1. The van der Waals surface area contributed by atoms with E-state index in [4.69, 9.17) is 15.5 Å². The zero-order valence-corrected chi connectivity index (χ0v) is 28.0. The molecule has 8 nitrogen and oxygen atoms in total. The molecular weight excluding hydrogens is 641 g/mol. The number of ether oxygens (including phenoxy) is 1. The van der Waals surface area contributed by atoms with Crippen molar-refractivity contribution in [1.82, 2.24) is 19.9 Å². The summed E-state index contributed by atoms with van der Waals surface area (Å²) in [5, 5.41) is 3.13. The highest BCUT2D eigenvalue weighted by Crippen LogP contribution is 2.41. The Morgan fingerprint density at radius 2 is 1.49 bits per heavy atom. The molecule has 0 radical (unpaired) electrons. The van der Waals surface area contributed by atoms with Crippen molar-refractivity contribution in [2.45, 2.75) is 25.5 Å². The normalized spacial score (nSPS) is 11.4. The molecule has 9 heteroatoms. The molecular formula is C42H36FN5O3. The Morgan fingerprint density at radius 1 is 0.863 bits per heavy atom. The second kappa shape index (κ2) is 14.2. The zero-order valence-electron chi connectivity index (χ0n) is 28.0. The molecule has 0 saturated heterocycles. The van der Waals surface area contributed by atoms with Crippen LogP contribution in [0, 0.1) is 5.82 Å². The number of halogens is 1. The lowest BCUT2D eigenvalue weighted by atomic mass is 9.77. The van der Waals surface area contributed by atoms with E-state index in [0.717, 1.165) is 16.7 Å². The predicted octanol–water partition coefficient (Wildman–Crippen LogP) is 7.67. The number of hydrogen-bond donors (Lipinski definition) is 3. The summed E-state index contributed by atoms with van der Waals surface area (Å²) in [7, 11) is 0. The molecule has 0 atom stereocenters. The predicted molar refractivity (Wildman–Crippen MR) is 198 cm³/mol. The number of hydrogen-bond acceptors (Lipinski definition) is 5. The smallest absolute Gasteiger partial charge is 0.263 e. The van der Waals surface area contributed by atoms with E-state index in [2.05, 4.69) is 51.3 Å². The molecule has 0 aliphatic rings. The number of para-hydroxylation sites is 1. The van der Waals surface area contributed by atoms with Crippen LogP contribution in [0.3, 0.4) is 0 Å². The van der Waals surface area contributed by atoms with Gasteiger partial charge in [0, 0.05) is 29.3 Å². The second-order valence-electron chi connectivity index (χ2n) is 12.2. The Kier molecular flexibility index (Phi) is 9.18. The van der Waals surface area contributed by atoms with E-state index in [0.29, 0.717) is 40.9 Å². The zero-order chi connectivity index (χ0) is 35.4. The van der Waals surface area contributed by atoms with Gasteiger partial charge in [0.1, 0.15) is 29.3 Å². The van der Waals surface area contributed by atoms with Crippen molar-refractivity contribution in [3.63, 3.8) is 0 Å². The molecule has 0 spiro atoms. The van der Waals surface area contributed by atoms with Crippen LogP contribution < -0.4 is 21.3 Å². The van der Waals surface area contributed by atoms with Crippen LogP contribution >= 0.6 is 0 Å². The Morgan fingerprint density at radius 3 is 2.10 bits per heavy atom. The summed E-state index contributed by atoms with van der Waals surface area (Å²) < 4.78 is 23.8. The molecule has 1 amide bonds. The monoisotopic (exact) mass is 677 g/mol. The minimum absolute atomic E-state index is 0.0326. The van der Waals surface area contributed by atoms with E-state index in [-0.39, 0.29) is 23.4 Å². The Hall–Kier alpha value is -6.48. The molecule has 0 fully saturated rings. The quantitative estimate of drug-likeness (QED) is 0.122. The van der Waals surface area contributed by atoms with Crippen LogP contribution in [-0.4, -0.2) is 27.0 Å². The highest BCUT2D eigenvalue weighted by Gasteiger charge is 2.38. The highest BCUT2D eigenvalue weighted by molar-refractivity contribution is 6.09. The average molecular weight is 678 g/mol. The Balaban J connectivity index is 1.23. The lowest BCUT2D eigenvalue weighted by Gasteiger charge is -2.37. The van der Waals surface area contributed by atoms with Gasteiger partial charge in [-0.05, 0) is 41.3 Å². The maximum Gasteiger partial charge on any atom is 0.263 e. The standard InChI is InChI=1S/C42H36FN5O3/c1-2-23-45-40(49)37-38(44)34-20-12-19-33(39(34)47-41(37)50)35-24-32(21-22-36(35)43)51-26-31-25-48(27-46-31)42(28-13-6-3-7-14-28,29-15-8-4-9-16-29)30-17-10-5-11-18-30/h3-22,24-25,27H,2,23,26H2,1H3,(H,45,49)(H3,44,47,50). The van der Waals surface area contributed by atoms with Crippen molar-refractivity contribution in [2.75, 3.05) is 12.3 Å². The Labute approximate surface area is 294 Å². The van der Waals surface area contributed by atoms with Gasteiger partial charge in [-0.3, -0.25) is 9.59 Å². The number of anilines is 1. The number of nitrogens with zero attached hydrogens (tertiary/aromatic N) is 2. The van der Waals surface area contributed by atoms with Crippen molar-refractivity contribution in [2.24, 2.45) is 0 Å². The van der Waals surface area contributed by atoms with Crippen molar-refractivity contribution >= 4 is 22.5 Å². The van der Waals surface area contributed by atoms with Crippen LogP contribution in [0.25, 0.3) is 22.0 Å². The molecule has 5 aromatic carbocycles. The first-order valence-electron chi connectivity index (χ1n) is 16.8. The number of carbonyl (C=O) groups excluding carboxylic acids is 1. The van der Waals surface area contributed by atoms with Crippen LogP contribution in [0.15, 0.2) is 145 Å². The fraction of sp³-hybridized carbons (Fsp3) is 0.119. The fourth-order valence-corrected chi connectivity index (χ4v) is 6.69. The van der Waals surface area contributed by atoms with Gasteiger partial charge in [-0.2, -0.15) is 0 Å². The third kappa shape index (κ3) is 6.14. The summed E-state index contributed by atoms with van der Waals surface area (Å²) in [5.74, 6) is -0.661. The number of carbonyl (C=O) groups is 1. The molecule has 7 rings (SSSR count). The van der Waals surface area contributed by atoms with E-state index in [1.165, 1.54) is 6.07 Å². The third-order valence-corrected chi connectivity index (χ3v) is 9.06. The second-order valence-corrected chi connectivity index (χ2v) is 12.2. The average Bonchev–Trinajstić information content (AvgIpc) is 3.64. The molecule has 0 unspecified atom stereocenters. The summed E-state index contributed by atoms with van der Waals surface area (Å²) in [6, 6.07) is 40.5. The molecule has 4 N–H and O–H groups in total. The molecule has 51 heavy (non-hydrogen) atoms. The third-order valence-electron chi connectivity index (χ3n) is 9.06. The number of nitrogens with two attached hydrogens (primary N) is 1. The first kappa shape index (κ1) is 33.0. The lowest BCUT2D eigenvalue weighted by molar-refractivity contribution is 0.0953. The van der Waals surface area contributed by atoms with Crippen LogP contribution in [0.1, 0.15) is 46.1 Å². The maximum atomic E-state index is 15.5. The van der Waals surface area contributed by atoms with Crippen LogP contribution in [-0.2, 0) is 12.1 Å². The minimum Gasteiger partial charge on any atom is -0.487 e. The van der Waals surface area contributed by atoms with E-state index < -0.39 is 22.8 Å². The molecule has 254 valence electrons. The molecule has 0 aliphatic heterocycles. The fourth-order valence-electron chi connectivity index (χ4n) is 6.69. The van der Waals surface area contributed by atoms with Gasteiger partial charge >= 0.3 is 0 Å². The number of aromatic amines is 1. The highest BCUT2D eigenvalue weighted by atomic mass is 19.1. The summed E-state index contributed by atoms with van der Waals surface area (Å²) in [6.45, 7) is 2.43. The van der Waals surface area contributed by atoms with Crippen molar-refractivity contribution in [1.29, 1.82) is 0 Å². The number of pyridine rings is 1. The largest absolute Gasteiger partial charge is 0.487 e. The van der Waals surface area contributed by atoms with Gasteiger partial charge in [-0.25, -0.2) is 9.37 Å². The molecule has 2 aromatic heterocycles. The van der Waals surface area contributed by atoms with Gasteiger partial charge in [0.05, 0.1) is 23.2 Å². The number of nitrogens with one attached hydrogen (secondary N) is 2. The van der Waals surface area contributed by atoms with Crippen LogP contribution in [0.4, 0.5) is 10.1 Å². The summed E-state index contributed by atoms with van der Waals surface area (Å²) in [6.07, 6.45) is 4.50. The molecule has 0 saturated carbocycles. The van der Waals surface area contributed by atoms with Crippen molar-refractivity contribution in [3.8, 4) is 16.9 Å². The topological polar surface area (TPSA) is 115 Å². The summed E-state index contributed by atoms with van der Waals surface area (Å²) >= 11 is 0. The van der Waals surface area contributed by atoms with Crippen molar-refractivity contribution < 1.29 is 13.9 Å². The molecule has 7 aromatic rings. The lowest BCUT2D eigenvalue weighted by Crippen LogP contribution is -2.36. The van der Waals surface area contributed by atoms with Gasteiger partial charge in [0.2, 0.25) is 0 Å². The Bertz CT molecular complexity index is 2280. The van der Waals surface area contributed by atoms with Crippen LogP contribution in [0.2, 0.25) is 0 Å².